The molecule has 3 rings (SSSR count). The first-order valence-corrected chi connectivity index (χ1v) is 9.98. The standard InChI is InChI=1S/C20H24N6O2S/c1-12(26-8-6-20(2,3)19(26)28)14(10-22-4)24-17(27)15-11-29-18(25-15)13-5-7-23-16(21)9-13/h5,7,9-11,22H,1,6,8H2,2-4H3,(H2,21,23)(H,24,27)/b14-10+. The van der Waals surface area contributed by atoms with Gasteiger partial charge in [0.15, 0.2) is 0 Å². The Morgan fingerprint density at radius 1 is 1.45 bits per heavy atom. The van der Waals surface area contributed by atoms with Crippen LogP contribution in [0.1, 0.15) is 30.8 Å². The number of nitrogen functional groups attached to an aromatic ring is 1. The van der Waals surface area contributed by atoms with Crippen LogP contribution in [-0.2, 0) is 4.79 Å². The van der Waals surface area contributed by atoms with Crippen molar-refractivity contribution in [1.29, 1.82) is 0 Å². The van der Waals surface area contributed by atoms with Crippen LogP contribution in [0.4, 0.5) is 5.82 Å². The SMILES string of the molecule is C=C(/C(=C\NC)NC(=O)c1csc(-c2ccnc(N)c2)n1)N1CCC(C)(C)C1=O. The molecule has 9 heteroatoms. The number of hydrogen-bond acceptors (Lipinski definition) is 7. The number of thiazole rings is 1. The fourth-order valence-electron chi connectivity index (χ4n) is 2.98. The van der Waals surface area contributed by atoms with Crippen molar-refractivity contribution in [1.82, 2.24) is 25.5 Å². The smallest absolute Gasteiger partial charge is 0.275 e. The van der Waals surface area contributed by atoms with E-state index in [9.17, 15) is 9.59 Å². The van der Waals surface area contributed by atoms with E-state index in [2.05, 4.69) is 27.2 Å². The van der Waals surface area contributed by atoms with E-state index in [0.717, 1.165) is 12.0 Å². The van der Waals surface area contributed by atoms with Crippen molar-refractivity contribution in [3.63, 3.8) is 0 Å². The van der Waals surface area contributed by atoms with Crippen LogP contribution in [0.3, 0.4) is 0 Å². The Hall–Kier alpha value is -3.20. The monoisotopic (exact) mass is 412 g/mol. The lowest BCUT2D eigenvalue weighted by Crippen LogP contribution is -2.35. The molecule has 0 spiro atoms. The molecule has 0 radical (unpaired) electrons. The number of rotatable bonds is 6. The van der Waals surface area contributed by atoms with Crippen molar-refractivity contribution in [3.8, 4) is 10.6 Å². The number of aromatic nitrogens is 2. The Balaban J connectivity index is 1.76. The first-order chi connectivity index (χ1) is 13.7. The highest BCUT2D eigenvalue weighted by atomic mass is 32.1. The minimum Gasteiger partial charge on any atom is -0.392 e. The fraction of sp³-hybridized carbons (Fsp3) is 0.300. The van der Waals surface area contributed by atoms with Crippen LogP contribution in [-0.4, -0.2) is 40.3 Å². The van der Waals surface area contributed by atoms with E-state index >= 15 is 0 Å². The number of carbonyl (C=O) groups excluding carboxylic acids is 2. The number of likely N-dealkylation sites (tertiary alicyclic amines) is 1. The lowest BCUT2D eigenvalue weighted by molar-refractivity contribution is -0.132. The first kappa shape index (κ1) is 20.5. The molecule has 1 aliphatic heterocycles. The number of amides is 2. The number of nitrogens with zero attached hydrogens (tertiary/aromatic N) is 3. The normalized spacial score (nSPS) is 16.0. The summed E-state index contributed by atoms with van der Waals surface area (Å²) < 4.78 is 0. The van der Waals surface area contributed by atoms with Crippen molar-refractivity contribution in [2.45, 2.75) is 20.3 Å². The van der Waals surface area contributed by atoms with Gasteiger partial charge in [0, 0.05) is 42.3 Å². The summed E-state index contributed by atoms with van der Waals surface area (Å²) in [5.74, 6) is -0.00879. The molecular weight excluding hydrogens is 388 g/mol. The second kappa shape index (κ2) is 8.04. The molecule has 1 saturated heterocycles. The third-order valence-electron chi connectivity index (χ3n) is 4.72. The van der Waals surface area contributed by atoms with Crippen LogP contribution < -0.4 is 16.4 Å². The minimum atomic E-state index is -0.437. The van der Waals surface area contributed by atoms with Gasteiger partial charge in [-0.1, -0.05) is 20.4 Å². The zero-order valence-corrected chi connectivity index (χ0v) is 17.5. The number of nitrogens with two attached hydrogens (primary N) is 1. The van der Waals surface area contributed by atoms with Gasteiger partial charge in [0.2, 0.25) is 5.91 Å². The molecule has 0 aromatic carbocycles. The van der Waals surface area contributed by atoms with Gasteiger partial charge in [-0.15, -0.1) is 11.3 Å². The van der Waals surface area contributed by atoms with Crippen molar-refractivity contribution < 1.29 is 9.59 Å². The van der Waals surface area contributed by atoms with Crippen LogP contribution in [0.15, 0.2) is 47.9 Å². The largest absolute Gasteiger partial charge is 0.392 e. The lowest BCUT2D eigenvalue weighted by atomic mass is 9.92. The average molecular weight is 413 g/mol. The van der Waals surface area contributed by atoms with Gasteiger partial charge in [-0.25, -0.2) is 9.97 Å². The van der Waals surface area contributed by atoms with Crippen molar-refractivity contribution >= 4 is 29.0 Å². The minimum absolute atomic E-state index is 0.00928. The summed E-state index contributed by atoms with van der Waals surface area (Å²) in [6.45, 7) is 8.40. The lowest BCUT2D eigenvalue weighted by Gasteiger charge is -2.23. The molecule has 29 heavy (non-hydrogen) atoms. The molecule has 0 bridgehead atoms. The highest BCUT2D eigenvalue weighted by molar-refractivity contribution is 7.13. The highest BCUT2D eigenvalue weighted by Crippen LogP contribution is 2.33. The zero-order valence-electron chi connectivity index (χ0n) is 16.7. The summed E-state index contributed by atoms with van der Waals surface area (Å²) in [6, 6.07) is 3.49. The van der Waals surface area contributed by atoms with Gasteiger partial charge in [0.25, 0.3) is 5.91 Å². The number of hydrogen-bond donors (Lipinski definition) is 3. The fourth-order valence-corrected chi connectivity index (χ4v) is 3.78. The summed E-state index contributed by atoms with van der Waals surface area (Å²) >= 11 is 1.34. The first-order valence-electron chi connectivity index (χ1n) is 9.10. The second-order valence-corrected chi connectivity index (χ2v) is 8.20. The summed E-state index contributed by atoms with van der Waals surface area (Å²) in [7, 11) is 1.71. The summed E-state index contributed by atoms with van der Waals surface area (Å²) in [5.41, 5.74) is 7.21. The molecule has 2 aromatic rings. The maximum atomic E-state index is 12.8. The van der Waals surface area contributed by atoms with Crippen LogP contribution >= 0.6 is 11.3 Å². The Morgan fingerprint density at radius 2 is 2.21 bits per heavy atom. The molecule has 0 saturated carbocycles. The summed E-state index contributed by atoms with van der Waals surface area (Å²) in [4.78, 5) is 35.3. The van der Waals surface area contributed by atoms with Crippen molar-refractivity contribution in [2.24, 2.45) is 5.41 Å². The van der Waals surface area contributed by atoms with E-state index in [1.807, 2.05) is 13.8 Å². The molecule has 2 aromatic heterocycles. The molecule has 2 amide bonds. The summed E-state index contributed by atoms with van der Waals surface area (Å²) in [6.07, 6.45) is 3.93. The maximum Gasteiger partial charge on any atom is 0.275 e. The molecule has 8 nitrogen and oxygen atoms in total. The van der Waals surface area contributed by atoms with E-state index in [1.54, 1.807) is 41.9 Å². The molecule has 152 valence electrons. The quantitative estimate of drug-likeness (QED) is 0.628. The van der Waals surface area contributed by atoms with Crippen molar-refractivity contribution in [2.75, 3.05) is 19.3 Å². The number of nitrogens with one attached hydrogen (secondary N) is 2. The maximum absolute atomic E-state index is 12.8. The van der Waals surface area contributed by atoms with Crippen LogP contribution in [0.25, 0.3) is 10.6 Å². The van der Waals surface area contributed by atoms with E-state index in [0.29, 0.717) is 28.8 Å². The molecule has 1 fully saturated rings. The molecule has 1 aliphatic rings. The van der Waals surface area contributed by atoms with Gasteiger partial charge in [-0.05, 0) is 18.6 Å². The van der Waals surface area contributed by atoms with E-state index in [-0.39, 0.29) is 17.5 Å². The van der Waals surface area contributed by atoms with Gasteiger partial charge >= 0.3 is 0 Å². The van der Waals surface area contributed by atoms with Gasteiger partial charge in [-0.3, -0.25) is 9.59 Å². The third-order valence-corrected chi connectivity index (χ3v) is 5.61. The van der Waals surface area contributed by atoms with Crippen LogP contribution in [0, 0.1) is 5.41 Å². The van der Waals surface area contributed by atoms with Gasteiger partial charge < -0.3 is 21.3 Å². The van der Waals surface area contributed by atoms with Gasteiger partial charge in [-0.2, -0.15) is 0 Å². The topological polar surface area (TPSA) is 113 Å². The number of pyridine rings is 1. The van der Waals surface area contributed by atoms with Crippen molar-refractivity contribution in [3.05, 3.63) is 53.6 Å². The van der Waals surface area contributed by atoms with Crippen LogP contribution in [0.5, 0.6) is 0 Å². The molecule has 3 heterocycles. The van der Waals surface area contributed by atoms with Crippen LogP contribution in [0.2, 0.25) is 0 Å². The Bertz CT molecular complexity index is 994. The Kier molecular flexibility index (Phi) is 5.69. The average Bonchev–Trinajstić information content (AvgIpc) is 3.27. The second-order valence-electron chi connectivity index (χ2n) is 7.35. The Morgan fingerprint density at radius 3 is 2.83 bits per heavy atom. The third kappa shape index (κ3) is 4.29. The van der Waals surface area contributed by atoms with Gasteiger partial charge in [0.05, 0.1) is 11.4 Å². The predicted octanol–water partition coefficient (Wildman–Crippen LogP) is 2.35. The van der Waals surface area contributed by atoms with E-state index in [4.69, 9.17) is 5.73 Å². The molecular formula is C20H24N6O2S. The molecule has 0 atom stereocenters. The summed E-state index contributed by atoms with van der Waals surface area (Å²) in [5, 5.41) is 8.03. The number of anilines is 1. The predicted molar refractivity (Wildman–Crippen MR) is 114 cm³/mol. The van der Waals surface area contributed by atoms with E-state index < -0.39 is 5.41 Å². The highest BCUT2D eigenvalue weighted by Gasteiger charge is 2.40. The Labute approximate surface area is 173 Å². The molecule has 4 N–H and O–H groups in total. The van der Waals surface area contributed by atoms with E-state index in [1.165, 1.54) is 11.3 Å². The molecule has 0 unspecified atom stereocenters. The zero-order chi connectivity index (χ0) is 21.2. The number of carbonyl (C=O) groups is 2. The van der Waals surface area contributed by atoms with Gasteiger partial charge in [0.1, 0.15) is 16.5 Å². The molecule has 0 aliphatic carbocycles.